The van der Waals surface area contributed by atoms with E-state index in [1.54, 1.807) is 36.0 Å². The summed E-state index contributed by atoms with van der Waals surface area (Å²) in [7, 11) is 3.05. The minimum Gasteiger partial charge on any atom is -0.493 e. The number of nitrogens with zero attached hydrogens (tertiary/aromatic N) is 1. The Balaban J connectivity index is 1.60. The van der Waals surface area contributed by atoms with Crippen LogP contribution in [0.3, 0.4) is 0 Å². The van der Waals surface area contributed by atoms with Crippen LogP contribution in [0, 0.1) is 0 Å². The molecule has 0 saturated heterocycles. The number of fused-ring (bicyclic) bond motifs is 1. The first-order chi connectivity index (χ1) is 18.2. The minimum absolute atomic E-state index is 0.186. The highest BCUT2D eigenvalue weighted by Gasteiger charge is 2.31. The van der Waals surface area contributed by atoms with Gasteiger partial charge < -0.3 is 18.9 Å². The summed E-state index contributed by atoms with van der Waals surface area (Å²) in [6.07, 6.45) is -5.92. The zero-order chi connectivity index (χ0) is 27.3. The van der Waals surface area contributed by atoms with Crippen LogP contribution in [0.15, 0.2) is 65.6 Å². The van der Waals surface area contributed by atoms with Gasteiger partial charge in [0.2, 0.25) is 6.10 Å². The van der Waals surface area contributed by atoms with Crippen molar-refractivity contribution in [1.29, 1.82) is 0 Å². The first kappa shape index (κ1) is 27.4. The standard InChI is InChI=1S/C26H23F3N2O5S2/c1-4-37-18-11-5-15(6-12-18)23(35-16-7-9-17(10-8-16)36-26(27,28)29)24(32)31-25-30-19-13-20(33-2)21(34-3)14-22(19)38-25/h5-14,23H,4H2,1-3H3,(H,30,31,32). The van der Waals surface area contributed by atoms with E-state index in [2.05, 4.69) is 15.0 Å². The number of thioether (sulfide) groups is 1. The average Bonchev–Trinajstić information content (AvgIpc) is 3.28. The summed E-state index contributed by atoms with van der Waals surface area (Å²) < 4.78 is 58.8. The number of anilines is 1. The Morgan fingerprint density at radius 3 is 2.24 bits per heavy atom. The number of halogens is 3. The van der Waals surface area contributed by atoms with Gasteiger partial charge in [0.1, 0.15) is 11.5 Å². The fourth-order valence-electron chi connectivity index (χ4n) is 3.51. The number of nitrogens with one attached hydrogen (secondary N) is 1. The molecule has 7 nitrogen and oxygen atoms in total. The molecule has 4 aromatic rings. The lowest BCUT2D eigenvalue weighted by atomic mass is 10.1. The Bertz CT molecular complexity index is 1350. The third-order valence-corrected chi connectivity index (χ3v) is 6.99. The molecule has 0 bridgehead atoms. The second kappa shape index (κ2) is 11.8. The van der Waals surface area contributed by atoms with Crippen molar-refractivity contribution in [2.75, 3.05) is 25.3 Å². The predicted molar refractivity (Wildman–Crippen MR) is 141 cm³/mol. The number of hydrogen-bond donors (Lipinski definition) is 1. The van der Waals surface area contributed by atoms with Crippen molar-refractivity contribution in [2.24, 2.45) is 0 Å². The Labute approximate surface area is 224 Å². The second-order valence-corrected chi connectivity index (χ2v) is 10.1. The number of ether oxygens (including phenoxy) is 4. The van der Waals surface area contributed by atoms with E-state index in [4.69, 9.17) is 14.2 Å². The SMILES string of the molecule is CCSc1ccc(C(Oc2ccc(OC(F)(F)F)cc2)C(=O)Nc2nc3cc(OC)c(OC)cc3s2)cc1. The van der Waals surface area contributed by atoms with Crippen molar-refractivity contribution in [3.8, 4) is 23.0 Å². The van der Waals surface area contributed by atoms with Crippen LogP contribution in [-0.2, 0) is 4.79 Å². The number of amides is 1. The molecule has 4 rings (SSSR count). The molecular weight excluding hydrogens is 541 g/mol. The molecule has 1 unspecified atom stereocenters. The van der Waals surface area contributed by atoms with Crippen molar-refractivity contribution >= 4 is 44.4 Å². The maximum Gasteiger partial charge on any atom is 0.573 e. The van der Waals surface area contributed by atoms with E-state index >= 15 is 0 Å². The van der Waals surface area contributed by atoms with Gasteiger partial charge in [-0.25, -0.2) is 4.98 Å². The van der Waals surface area contributed by atoms with Crippen LogP contribution in [0.5, 0.6) is 23.0 Å². The molecule has 0 saturated carbocycles. The Morgan fingerprint density at radius 2 is 1.63 bits per heavy atom. The third-order valence-electron chi connectivity index (χ3n) is 5.17. The van der Waals surface area contributed by atoms with Crippen LogP contribution < -0.4 is 24.3 Å². The number of methoxy groups -OCH3 is 2. The van der Waals surface area contributed by atoms with E-state index in [9.17, 15) is 18.0 Å². The van der Waals surface area contributed by atoms with Gasteiger partial charge in [0.05, 0.1) is 24.4 Å². The molecule has 1 aromatic heterocycles. The summed E-state index contributed by atoms with van der Waals surface area (Å²) in [5.41, 5.74) is 1.17. The summed E-state index contributed by atoms with van der Waals surface area (Å²) >= 11 is 2.90. The smallest absolute Gasteiger partial charge is 0.493 e. The average molecular weight is 565 g/mol. The zero-order valence-electron chi connectivity index (χ0n) is 20.5. The maximum atomic E-state index is 13.4. The van der Waals surface area contributed by atoms with Crippen molar-refractivity contribution in [3.63, 3.8) is 0 Å². The lowest BCUT2D eigenvalue weighted by Crippen LogP contribution is -2.25. The van der Waals surface area contributed by atoms with E-state index in [0.29, 0.717) is 27.7 Å². The van der Waals surface area contributed by atoms with E-state index in [1.165, 1.54) is 37.7 Å². The number of carbonyl (C=O) groups excluding carboxylic acids is 1. The highest BCUT2D eigenvalue weighted by Crippen LogP contribution is 2.37. The van der Waals surface area contributed by atoms with Crippen molar-refractivity contribution < 1.29 is 36.9 Å². The van der Waals surface area contributed by atoms with Gasteiger partial charge in [-0.1, -0.05) is 30.4 Å². The fraction of sp³-hybridized carbons (Fsp3) is 0.231. The number of thiazole rings is 1. The number of rotatable bonds is 10. The predicted octanol–water partition coefficient (Wildman–Crippen LogP) is 7.08. The van der Waals surface area contributed by atoms with E-state index in [0.717, 1.165) is 27.5 Å². The molecule has 0 radical (unpaired) electrons. The second-order valence-electron chi connectivity index (χ2n) is 7.70. The number of alkyl halides is 3. The molecule has 200 valence electrons. The monoisotopic (exact) mass is 564 g/mol. The number of aromatic nitrogens is 1. The highest BCUT2D eigenvalue weighted by molar-refractivity contribution is 7.99. The molecular formula is C26H23F3N2O5S2. The largest absolute Gasteiger partial charge is 0.573 e. The minimum atomic E-state index is -4.81. The van der Waals surface area contributed by atoms with E-state index in [-0.39, 0.29) is 5.75 Å². The first-order valence-corrected chi connectivity index (χ1v) is 13.1. The van der Waals surface area contributed by atoms with Crippen LogP contribution >= 0.6 is 23.1 Å². The van der Waals surface area contributed by atoms with Crippen LogP contribution in [0.2, 0.25) is 0 Å². The van der Waals surface area contributed by atoms with E-state index < -0.39 is 24.1 Å². The normalized spacial score (nSPS) is 12.2. The van der Waals surface area contributed by atoms with Gasteiger partial charge in [-0.3, -0.25) is 10.1 Å². The molecule has 1 N–H and O–H groups in total. The summed E-state index contributed by atoms with van der Waals surface area (Å²) in [6.45, 7) is 2.03. The van der Waals surface area contributed by atoms with Gasteiger partial charge in [0.15, 0.2) is 16.6 Å². The lowest BCUT2D eigenvalue weighted by molar-refractivity contribution is -0.274. The molecule has 0 aliphatic carbocycles. The van der Waals surface area contributed by atoms with Gasteiger partial charge in [0, 0.05) is 22.6 Å². The molecule has 0 aliphatic rings. The van der Waals surface area contributed by atoms with Crippen molar-refractivity contribution in [1.82, 2.24) is 4.98 Å². The molecule has 1 heterocycles. The molecule has 1 amide bonds. The third kappa shape index (κ3) is 6.81. The van der Waals surface area contributed by atoms with E-state index in [1.807, 2.05) is 19.1 Å². The van der Waals surface area contributed by atoms with Crippen molar-refractivity contribution in [2.45, 2.75) is 24.3 Å². The molecule has 3 aromatic carbocycles. The molecule has 12 heteroatoms. The van der Waals surface area contributed by atoms with Crippen molar-refractivity contribution in [3.05, 3.63) is 66.2 Å². The van der Waals surface area contributed by atoms with Crippen LogP contribution in [0.1, 0.15) is 18.6 Å². The highest BCUT2D eigenvalue weighted by atomic mass is 32.2. The molecule has 38 heavy (non-hydrogen) atoms. The Hall–Kier alpha value is -3.64. The number of benzene rings is 3. The number of hydrogen-bond acceptors (Lipinski definition) is 8. The fourth-order valence-corrected chi connectivity index (χ4v) is 5.05. The lowest BCUT2D eigenvalue weighted by Gasteiger charge is -2.19. The van der Waals surface area contributed by atoms with Crippen LogP contribution in [-0.4, -0.2) is 37.2 Å². The topological polar surface area (TPSA) is 78.9 Å². The van der Waals surface area contributed by atoms with Gasteiger partial charge in [-0.05, 0) is 42.2 Å². The molecule has 1 atom stereocenters. The summed E-state index contributed by atoms with van der Waals surface area (Å²) in [6, 6.07) is 15.6. The van der Waals surface area contributed by atoms with Gasteiger partial charge in [-0.2, -0.15) is 0 Å². The molecule has 0 fully saturated rings. The number of carbonyl (C=O) groups is 1. The van der Waals surface area contributed by atoms with Gasteiger partial charge in [0.25, 0.3) is 5.91 Å². The zero-order valence-corrected chi connectivity index (χ0v) is 22.1. The Kier molecular flexibility index (Phi) is 8.52. The molecule has 0 spiro atoms. The summed E-state index contributed by atoms with van der Waals surface area (Å²) in [5.74, 6) is 1.21. The van der Waals surface area contributed by atoms with Gasteiger partial charge >= 0.3 is 6.36 Å². The van der Waals surface area contributed by atoms with Crippen LogP contribution in [0.25, 0.3) is 10.2 Å². The Morgan fingerprint density at radius 1 is 1.00 bits per heavy atom. The first-order valence-electron chi connectivity index (χ1n) is 11.3. The maximum absolute atomic E-state index is 13.4. The van der Waals surface area contributed by atoms with Crippen LogP contribution in [0.4, 0.5) is 18.3 Å². The molecule has 0 aliphatic heterocycles. The summed E-state index contributed by atoms with van der Waals surface area (Å²) in [5, 5.41) is 3.12. The summed E-state index contributed by atoms with van der Waals surface area (Å²) in [4.78, 5) is 18.9. The quantitative estimate of drug-likeness (QED) is 0.206. The van der Waals surface area contributed by atoms with Gasteiger partial charge in [-0.15, -0.1) is 24.9 Å².